The van der Waals surface area contributed by atoms with E-state index in [1.807, 2.05) is 12.3 Å². The second kappa shape index (κ2) is 3.16. The quantitative estimate of drug-likeness (QED) is 0.567. The number of nitrogens with zero attached hydrogens (tertiary/aromatic N) is 1. The first-order valence-corrected chi connectivity index (χ1v) is 5.42. The highest BCUT2D eigenvalue weighted by molar-refractivity contribution is 14.1. The van der Waals surface area contributed by atoms with Crippen LogP contribution in [0.25, 0.3) is 10.9 Å². The molecule has 0 saturated carbocycles. The van der Waals surface area contributed by atoms with Gasteiger partial charge in [-0.3, -0.25) is 0 Å². The molecule has 0 aliphatic carbocycles. The van der Waals surface area contributed by atoms with E-state index in [1.54, 1.807) is 0 Å². The minimum Gasteiger partial charge on any atom is -0.358 e. The van der Waals surface area contributed by atoms with E-state index in [0.717, 1.165) is 19.1 Å². The third-order valence-electron chi connectivity index (χ3n) is 1.54. The summed E-state index contributed by atoms with van der Waals surface area (Å²) in [5.74, 6) is 0. The van der Waals surface area contributed by atoms with Gasteiger partial charge in [0.1, 0.15) is 4.60 Å². The minimum atomic E-state index is 0.502. The lowest BCUT2D eigenvalue weighted by atomic mass is 10.3. The Kier molecular flexibility index (Phi) is 2.31. The van der Waals surface area contributed by atoms with Crippen LogP contribution in [-0.4, -0.2) is 9.97 Å². The molecule has 0 aromatic carbocycles. The molecule has 2 heterocycles. The summed E-state index contributed by atoms with van der Waals surface area (Å²) in [6.07, 6.45) is 1.91. The SMILES string of the molecule is Clc1nc(Br)cc2c(I)c[nH]c12. The molecule has 0 aliphatic rings. The third-order valence-corrected chi connectivity index (χ3v) is 3.12. The average molecular weight is 357 g/mol. The van der Waals surface area contributed by atoms with E-state index in [9.17, 15) is 0 Å². The molecule has 0 unspecified atom stereocenters. The Labute approximate surface area is 96.0 Å². The van der Waals surface area contributed by atoms with Gasteiger partial charge in [-0.25, -0.2) is 4.98 Å². The molecule has 0 saturated heterocycles. The number of hydrogen-bond acceptors (Lipinski definition) is 1. The number of rotatable bonds is 0. The third kappa shape index (κ3) is 1.36. The van der Waals surface area contributed by atoms with Crippen LogP contribution in [0.3, 0.4) is 0 Å². The van der Waals surface area contributed by atoms with Crippen molar-refractivity contribution in [3.8, 4) is 0 Å². The van der Waals surface area contributed by atoms with E-state index >= 15 is 0 Å². The zero-order chi connectivity index (χ0) is 8.72. The molecule has 2 nitrogen and oxygen atoms in total. The molecular formula is C7H3BrClIN2. The Morgan fingerprint density at radius 1 is 1.58 bits per heavy atom. The molecule has 12 heavy (non-hydrogen) atoms. The van der Waals surface area contributed by atoms with Gasteiger partial charge in [-0.2, -0.15) is 0 Å². The summed E-state index contributed by atoms with van der Waals surface area (Å²) in [6, 6.07) is 1.94. The monoisotopic (exact) mass is 356 g/mol. The van der Waals surface area contributed by atoms with Crippen molar-refractivity contribution in [3.63, 3.8) is 0 Å². The number of H-pyrrole nitrogens is 1. The van der Waals surface area contributed by atoms with Crippen LogP contribution < -0.4 is 0 Å². The van der Waals surface area contributed by atoms with E-state index in [4.69, 9.17) is 11.6 Å². The van der Waals surface area contributed by atoms with Crippen molar-refractivity contribution in [1.29, 1.82) is 0 Å². The predicted octanol–water partition coefficient (Wildman–Crippen LogP) is 3.58. The summed E-state index contributed by atoms with van der Waals surface area (Å²) in [7, 11) is 0. The zero-order valence-corrected chi connectivity index (χ0v) is 10.2. The molecule has 1 N–H and O–H groups in total. The number of pyridine rings is 1. The molecule has 0 bridgehead atoms. The highest BCUT2D eigenvalue weighted by Crippen LogP contribution is 2.27. The minimum absolute atomic E-state index is 0.502. The Balaban J connectivity index is 2.92. The number of fused-ring (bicyclic) bond motifs is 1. The summed E-state index contributed by atoms with van der Waals surface area (Å²) in [5, 5.41) is 1.60. The van der Waals surface area contributed by atoms with E-state index in [1.165, 1.54) is 0 Å². The van der Waals surface area contributed by atoms with E-state index in [2.05, 4.69) is 48.5 Å². The maximum absolute atomic E-state index is 5.90. The summed E-state index contributed by atoms with van der Waals surface area (Å²) >= 11 is 11.4. The summed E-state index contributed by atoms with van der Waals surface area (Å²) in [6.45, 7) is 0. The molecule has 2 rings (SSSR count). The van der Waals surface area contributed by atoms with Gasteiger partial charge in [0.15, 0.2) is 5.15 Å². The van der Waals surface area contributed by atoms with Gasteiger partial charge < -0.3 is 4.98 Å². The van der Waals surface area contributed by atoms with Crippen molar-refractivity contribution in [2.75, 3.05) is 0 Å². The maximum atomic E-state index is 5.90. The van der Waals surface area contributed by atoms with Gasteiger partial charge >= 0.3 is 0 Å². The number of nitrogens with one attached hydrogen (secondary N) is 1. The molecule has 0 aliphatic heterocycles. The first kappa shape index (κ1) is 8.77. The summed E-state index contributed by atoms with van der Waals surface area (Å²) in [5.41, 5.74) is 0.893. The lowest BCUT2D eigenvalue weighted by Crippen LogP contribution is -1.79. The van der Waals surface area contributed by atoms with Crippen molar-refractivity contribution in [2.45, 2.75) is 0 Å². The number of hydrogen-bond donors (Lipinski definition) is 1. The lowest BCUT2D eigenvalue weighted by Gasteiger charge is -1.94. The van der Waals surface area contributed by atoms with Crippen molar-refractivity contribution in [1.82, 2.24) is 9.97 Å². The Hall–Kier alpha value is 0.190. The van der Waals surface area contributed by atoms with Crippen molar-refractivity contribution >= 4 is 61.0 Å². The molecule has 2 aromatic rings. The zero-order valence-electron chi connectivity index (χ0n) is 5.74. The van der Waals surface area contributed by atoms with Crippen LogP contribution in [0.15, 0.2) is 16.9 Å². The Morgan fingerprint density at radius 3 is 3.08 bits per heavy atom. The van der Waals surface area contributed by atoms with Gasteiger partial charge in [-0.1, -0.05) is 11.6 Å². The van der Waals surface area contributed by atoms with Crippen LogP contribution in [0.2, 0.25) is 5.15 Å². The van der Waals surface area contributed by atoms with Crippen LogP contribution in [-0.2, 0) is 0 Å². The van der Waals surface area contributed by atoms with E-state index in [-0.39, 0.29) is 0 Å². The van der Waals surface area contributed by atoms with Crippen molar-refractivity contribution in [2.24, 2.45) is 0 Å². The van der Waals surface area contributed by atoms with Crippen molar-refractivity contribution < 1.29 is 0 Å². The second-order valence-electron chi connectivity index (χ2n) is 2.29. The lowest BCUT2D eigenvalue weighted by molar-refractivity contribution is 1.29. The van der Waals surface area contributed by atoms with Crippen LogP contribution >= 0.6 is 50.1 Å². The number of aromatic nitrogens is 2. The topological polar surface area (TPSA) is 28.7 Å². The van der Waals surface area contributed by atoms with Crippen molar-refractivity contribution in [3.05, 3.63) is 25.6 Å². The fourth-order valence-corrected chi connectivity index (χ4v) is 2.36. The summed E-state index contributed by atoms with van der Waals surface area (Å²) < 4.78 is 1.91. The standard InChI is InChI=1S/C7H3BrClIN2/c8-5-1-3-4(10)2-11-6(3)7(9)12-5/h1-2,11H. The van der Waals surface area contributed by atoms with Gasteiger partial charge in [0.2, 0.25) is 0 Å². The normalized spacial score (nSPS) is 10.9. The maximum Gasteiger partial charge on any atom is 0.154 e. The first-order chi connectivity index (χ1) is 5.68. The number of aromatic amines is 1. The largest absolute Gasteiger partial charge is 0.358 e. The van der Waals surface area contributed by atoms with Gasteiger partial charge in [0.05, 0.1) is 5.52 Å². The van der Waals surface area contributed by atoms with E-state index < -0.39 is 0 Å². The molecule has 0 amide bonds. The summed E-state index contributed by atoms with van der Waals surface area (Å²) in [4.78, 5) is 7.12. The Bertz CT molecular complexity index is 440. The van der Waals surface area contributed by atoms with Crippen LogP contribution in [0.5, 0.6) is 0 Å². The highest BCUT2D eigenvalue weighted by Gasteiger charge is 2.06. The second-order valence-corrected chi connectivity index (χ2v) is 4.63. The van der Waals surface area contributed by atoms with Crippen LogP contribution in [0.1, 0.15) is 0 Å². The van der Waals surface area contributed by atoms with Gasteiger partial charge in [-0.15, -0.1) is 0 Å². The van der Waals surface area contributed by atoms with Gasteiger partial charge in [0.25, 0.3) is 0 Å². The average Bonchev–Trinajstić information content (AvgIpc) is 2.33. The van der Waals surface area contributed by atoms with Crippen LogP contribution in [0, 0.1) is 3.57 Å². The molecule has 5 heteroatoms. The molecule has 0 spiro atoms. The fraction of sp³-hybridized carbons (Fsp3) is 0. The van der Waals surface area contributed by atoms with Gasteiger partial charge in [0, 0.05) is 15.2 Å². The smallest absolute Gasteiger partial charge is 0.154 e. The van der Waals surface area contributed by atoms with Gasteiger partial charge in [-0.05, 0) is 44.6 Å². The predicted molar refractivity (Wildman–Crippen MR) is 61.5 cm³/mol. The Morgan fingerprint density at radius 2 is 2.33 bits per heavy atom. The molecule has 2 aromatic heterocycles. The molecule has 62 valence electrons. The highest BCUT2D eigenvalue weighted by atomic mass is 127. The molecular weight excluding hydrogens is 354 g/mol. The molecule has 0 atom stereocenters. The first-order valence-electron chi connectivity index (χ1n) is 3.17. The van der Waals surface area contributed by atoms with E-state index in [0.29, 0.717) is 5.15 Å². The number of halogens is 3. The molecule has 0 radical (unpaired) electrons. The fourth-order valence-electron chi connectivity index (χ4n) is 1.02. The van der Waals surface area contributed by atoms with Crippen LogP contribution in [0.4, 0.5) is 0 Å². The molecule has 0 fully saturated rings.